The van der Waals surface area contributed by atoms with Crippen molar-refractivity contribution in [3.05, 3.63) is 73.6 Å². The van der Waals surface area contributed by atoms with E-state index in [-0.39, 0.29) is 5.69 Å². The molecule has 25 heavy (non-hydrogen) atoms. The van der Waals surface area contributed by atoms with Crippen LogP contribution in [-0.2, 0) is 0 Å². The first-order valence-electron chi connectivity index (χ1n) is 6.91. The molecule has 1 N–H and O–H groups in total. The van der Waals surface area contributed by atoms with E-state index in [4.69, 9.17) is 23.2 Å². The molecule has 0 radical (unpaired) electrons. The number of hydrogen-bond donors (Lipinski definition) is 1. The first kappa shape index (κ1) is 17.3. The summed E-state index contributed by atoms with van der Waals surface area (Å²) in [6, 6.07) is 10.5. The van der Waals surface area contributed by atoms with E-state index in [1.807, 2.05) is 0 Å². The fourth-order valence-electron chi connectivity index (χ4n) is 2.02. The number of carbonyl (C=O) groups excluding carboxylic acids is 1. The molecule has 0 bridgehead atoms. The van der Waals surface area contributed by atoms with Crippen LogP contribution in [-0.4, -0.2) is 15.8 Å². The molecule has 2 aromatic carbocycles. The van der Waals surface area contributed by atoms with Gasteiger partial charge < -0.3 is 0 Å². The third kappa shape index (κ3) is 3.96. The van der Waals surface area contributed by atoms with Crippen LogP contribution in [0.25, 0.3) is 11.3 Å². The van der Waals surface area contributed by atoms with Crippen molar-refractivity contribution in [3.8, 4) is 11.3 Å². The first-order chi connectivity index (χ1) is 11.9. The SMILES string of the molecule is O=C(Nc1nc(-c2ccc(Cl)c(Cl)c2)cs1)c1ccc([N+](=O)[O-])cc1. The minimum absolute atomic E-state index is 0.0762. The highest BCUT2D eigenvalue weighted by Gasteiger charge is 2.12. The summed E-state index contributed by atoms with van der Waals surface area (Å²) in [6.07, 6.45) is 0. The topological polar surface area (TPSA) is 85.1 Å². The molecule has 3 rings (SSSR count). The summed E-state index contributed by atoms with van der Waals surface area (Å²) in [4.78, 5) is 26.6. The number of anilines is 1. The van der Waals surface area contributed by atoms with Crippen molar-refractivity contribution in [1.82, 2.24) is 4.98 Å². The molecular formula is C16H9Cl2N3O3S. The second-order valence-corrected chi connectivity index (χ2v) is 6.60. The number of carbonyl (C=O) groups is 1. The van der Waals surface area contributed by atoms with Crippen LogP contribution in [0.1, 0.15) is 10.4 Å². The highest BCUT2D eigenvalue weighted by Crippen LogP contribution is 2.30. The van der Waals surface area contributed by atoms with E-state index in [1.54, 1.807) is 23.6 Å². The Morgan fingerprint density at radius 1 is 1.12 bits per heavy atom. The van der Waals surface area contributed by atoms with Gasteiger partial charge in [0.25, 0.3) is 11.6 Å². The standard InChI is InChI=1S/C16H9Cl2N3O3S/c17-12-6-3-10(7-13(12)18)14-8-25-16(19-14)20-15(22)9-1-4-11(5-2-9)21(23)24/h1-8H,(H,19,20,22). The van der Waals surface area contributed by atoms with Crippen LogP contribution in [0.2, 0.25) is 10.0 Å². The van der Waals surface area contributed by atoms with Crippen LogP contribution < -0.4 is 5.32 Å². The molecule has 0 saturated carbocycles. The molecule has 9 heteroatoms. The lowest BCUT2D eigenvalue weighted by atomic mass is 10.2. The number of nitro benzene ring substituents is 1. The first-order valence-corrected chi connectivity index (χ1v) is 8.54. The molecule has 0 aliphatic rings. The van der Waals surface area contributed by atoms with Crippen LogP contribution in [0.4, 0.5) is 10.8 Å². The molecule has 6 nitrogen and oxygen atoms in total. The van der Waals surface area contributed by atoms with E-state index in [0.29, 0.717) is 26.4 Å². The number of nitro groups is 1. The second kappa shape index (κ2) is 7.18. The number of aromatic nitrogens is 1. The number of amides is 1. The monoisotopic (exact) mass is 393 g/mol. The Kier molecular flexibility index (Phi) is 4.98. The Morgan fingerprint density at radius 2 is 1.84 bits per heavy atom. The van der Waals surface area contributed by atoms with E-state index in [1.165, 1.54) is 35.6 Å². The normalized spacial score (nSPS) is 10.5. The van der Waals surface area contributed by atoms with E-state index in [0.717, 1.165) is 5.56 Å². The van der Waals surface area contributed by atoms with Crippen molar-refractivity contribution in [3.63, 3.8) is 0 Å². The van der Waals surface area contributed by atoms with E-state index >= 15 is 0 Å². The molecule has 0 aliphatic heterocycles. The van der Waals surface area contributed by atoms with Gasteiger partial charge in [0.2, 0.25) is 0 Å². The van der Waals surface area contributed by atoms with Gasteiger partial charge in [-0.3, -0.25) is 20.2 Å². The average Bonchev–Trinajstić information content (AvgIpc) is 3.06. The molecule has 0 fully saturated rings. The fourth-order valence-corrected chi connectivity index (χ4v) is 3.04. The van der Waals surface area contributed by atoms with Crippen molar-refractivity contribution < 1.29 is 9.72 Å². The summed E-state index contributed by atoms with van der Waals surface area (Å²) in [7, 11) is 0. The maximum absolute atomic E-state index is 12.2. The molecule has 0 unspecified atom stereocenters. The lowest BCUT2D eigenvalue weighted by Crippen LogP contribution is -2.11. The van der Waals surface area contributed by atoms with Gasteiger partial charge in [-0.2, -0.15) is 0 Å². The number of rotatable bonds is 4. The quantitative estimate of drug-likeness (QED) is 0.482. The van der Waals surface area contributed by atoms with Crippen LogP contribution in [0, 0.1) is 10.1 Å². The Morgan fingerprint density at radius 3 is 2.48 bits per heavy atom. The minimum atomic E-state index is -0.522. The molecule has 0 aliphatic carbocycles. The van der Waals surface area contributed by atoms with Gasteiger partial charge in [0, 0.05) is 28.6 Å². The van der Waals surface area contributed by atoms with E-state index in [9.17, 15) is 14.9 Å². The number of nitrogens with one attached hydrogen (secondary N) is 1. The van der Waals surface area contributed by atoms with Crippen molar-refractivity contribution in [2.45, 2.75) is 0 Å². The van der Waals surface area contributed by atoms with Gasteiger partial charge in [0.1, 0.15) is 0 Å². The zero-order valence-electron chi connectivity index (χ0n) is 12.4. The molecular weight excluding hydrogens is 385 g/mol. The largest absolute Gasteiger partial charge is 0.298 e. The van der Waals surface area contributed by atoms with Gasteiger partial charge in [-0.05, 0) is 24.3 Å². The summed E-state index contributed by atoms with van der Waals surface area (Å²) < 4.78 is 0. The van der Waals surface area contributed by atoms with Gasteiger partial charge in [-0.25, -0.2) is 4.98 Å². The van der Waals surface area contributed by atoms with Crippen molar-refractivity contribution in [2.75, 3.05) is 5.32 Å². The second-order valence-electron chi connectivity index (χ2n) is 4.92. The van der Waals surface area contributed by atoms with Crippen LogP contribution in [0.3, 0.4) is 0 Å². The Bertz CT molecular complexity index is 958. The van der Waals surface area contributed by atoms with Gasteiger partial charge >= 0.3 is 0 Å². The number of hydrogen-bond acceptors (Lipinski definition) is 5. The smallest absolute Gasteiger partial charge is 0.269 e. The van der Waals surface area contributed by atoms with Crippen LogP contribution in [0.15, 0.2) is 47.8 Å². The number of non-ortho nitro benzene ring substituents is 1. The highest BCUT2D eigenvalue weighted by atomic mass is 35.5. The Balaban J connectivity index is 1.75. The molecule has 1 heterocycles. The summed E-state index contributed by atoms with van der Waals surface area (Å²) in [5.74, 6) is -0.398. The molecule has 126 valence electrons. The predicted octanol–water partition coefficient (Wildman–Crippen LogP) is 5.28. The summed E-state index contributed by atoms with van der Waals surface area (Å²) in [5.41, 5.74) is 1.66. The minimum Gasteiger partial charge on any atom is -0.298 e. The zero-order valence-corrected chi connectivity index (χ0v) is 14.7. The Labute approximate surface area is 156 Å². The Hall–Kier alpha value is -2.48. The van der Waals surface area contributed by atoms with Crippen molar-refractivity contribution in [2.24, 2.45) is 0 Å². The van der Waals surface area contributed by atoms with Crippen LogP contribution in [0.5, 0.6) is 0 Å². The highest BCUT2D eigenvalue weighted by molar-refractivity contribution is 7.14. The molecule has 1 aromatic heterocycles. The van der Waals surface area contributed by atoms with E-state index < -0.39 is 10.8 Å². The molecule has 0 spiro atoms. The zero-order chi connectivity index (χ0) is 18.0. The molecule has 1 amide bonds. The summed E-state index contributed by atoms with van der Waals surface area (Å²) in [6.45, 7) is 0. The summed E-state index contributed by atoms with van der Waals surface area (Å²) in [5, 5.41) is 16.4. The fraction of sp³-hybridized carbons (Fsp3) is 0. The van der Waals surface area contributed by atoms with Gasteiger partial charge in [0.15, 0.2) is 5.13 Å². The maximum Gasteiger partial charge on any atom is 0.269 e. The lowest BCUT2D eigenvalue weighted by Gasteiger charge is -2.02. The third-order valence-corrected chi connectivity index (χ3v) is 4.78. The molecule has 3 aromatic rings. The molecule has 0 saturated heterocycles. The molecule has 0 atom stereocenters. The number of benzene rings is 2. The van der Waals surface area contributed by atoms with Gasteiger partial charge in [-0.1, -0.05) is 29.3 Å². The third-order valence-electron chi connectivity index (χ3n) is 3.28. The van der Waals surface area contributed by atoms with Crippen molar-refractivity contribution in [1.29, 1.82) is 0 Å². The van der Waals surface area contributed by atoms with Gasteiger partial charge in [-0.15, -0.1) is 11.3 Å². The lowest BCUT2D eigenvalue weighted by molar-refractivity contribution is -0.384. The average molecular weight is 394 g/mol. The van der Waals surface area contributed by atoms with Gasteiger partial charge in [0.05, 0.1) is 20.7 Å². The van der Waals surface area contributed by atoms with E-state index in [2.05, 4.69) is 10.3 Å². The number of nitrogens with zero attached hydrogens (tertiary/aromatic N) is 2. The van der Waals surface area contributed by atoms with Crippen LogP contribution >= 0.6 is 34.5 Å². The predicted molar refractivity (Wildman–Crippen MR) is 98.6 cm³/mol. The number of thiazole rings is 1. The number of halogens is 2. The van der Waals surface area contributed by atoms with Crippen molar-refractivity contribution >= 4 is 51.3 Å². The maximum atomic E-state index is 12.2. The summed E-state index contributed by atoms with van der Waals surface area (Å²) >= 11 is 13.1.